The number of hydrogen-bond acceptors (Lipinski definition) is 3. The molecule has 2 amide bonds. The third-order valence-corrected chi connectivity index (χ3v) is 4.34. The van der Waals surface area contributed by atoms with Crippen molar-refractivity contribution in [1.82, 2.24) is 4.90 Å². The van der Waals surface area contributed by atoms with Gasteiger partial charge in [-0.2, -0.15) is 0 Å². The van der Waals surface area contributed by atoms with Crippen LogP contribution in [0.1, 0.15) is 17.3 Å². The minimum absolute atomic E-state index is 0.0540. The van der Waals surface area contributed by atoms with Gasteiger partial charge in [0.1, 0.15) is 17.3 Å². The molecule has 1 aliphatic heterocycles. The molecule has 5 nitrogen and oxygen atoms in total. The first kappa shape index (κ1) is 17.8. The molecule has 7 heteroatoms. The number of benzene rings is 2. The Balaban J connectivity index is 1.62. The van der Waals surface area contributed by atoms with Gasteiger partial charge in [-0.05, 0) is 31.2 Å². The summed E-state index contributed by atoms with van der Waals surface area (Å²) in [4.78, 5) is 27.0. The third-order valence-electron chi connectivity index (χ3n) is 4.34. The van der Waals surface area contributed by atoms with Gasteiger partial charge >= 0.3 is 6.03 Å². The fourth-order valence-electron chi connectivity index (χ4n) is 2.94. The zero-order valence-electron chi connectivity index (χ0n) is 14.3. The zero-order chi connectivity index (χ0) is 18.7. The monoisotopic (exact) mass is 359 g/mol. The van der Waals surface area contributed by atoms with Gasteiger partial charge in [0.05, 0.1) is 0 Å². The number of nitrogens with one attached hydrogen (secondary N) is 1. The van der Waals surface area contributed by atoms with E-state index in [0.29, 0.717) is 37.4 Å². The van der Waals surface area contributed by atoms with Crippen molar-refractivity contribution in [3.05, 3.63) is 59.7 Å². The highest BCUT2D eigenvalue weighted by Gasteiger charge is 2.24. The van der Waals surface area contributed by atoms with Crippen molar-refractivity contribution in [2.75, 3.05) is 36.4 Å². The average Bonchev–Trinajstić information content (AvgIpc) is 2.62. The third kappa shape index (κ3) is 3.82. The minimum atomic E-state index is -0.607. The summed E-state index contributed by atoms with van der Waals surface area (Å²) < 4.78 is 27.8. The van der Waals surface area contributed by atoms with E-state index in [1.165, 1.54) is 25.1 Å². The quantitative estimate of drug-likeness (QED) is 0.853. The van der Waals surface area contributed by atoms with Gasteiger partial charge in [0, 0.05) is 37.4 Å². The van der Waals surface area contributed by atoms with Crippen molar-refractivity contribution in [3.63, 3.8) is 0 Å². The molecule has 0 radical (unpaired) electrons. The normalized spacial score (nSPS) is 14.3. The lowest BCUT2D eigenvalue weighted by Crippen LogP contribution is -2.50. The Morgan fingerprint density at radius 1 is 0.962 bits per heavy atom. The summed E-state index contributed by atoms with van der Waals surface area (Å²) in [6, 6.07) is 10.2. The Morgan fingerprint density at radius 3 is 2.19 bits per heavy atom. The average molecular weight is 359 g/mol. The van der Waals surface area contributed by atoms with Gasteiger partial charge in [-0.3, -0.25) is 4.79 Å². The molecule has 136 valence electrons. The summed E-state index contributed by atoms with van der Waals surface area (Å²) >= 11 is 0. The van der Waals surface area contributed by atoms with Crippen molar-refractivity contribution < 1.29 is 18.4 Å². The van der Waals surface area contributed by atoms with Crippen LogP contribution in [0.15, 0.2) is 42.5 Å². The summed E-state index contributed by atoms with van der Waals surface area (Å²) in [7, 11) is 0. The van der Waals surface area contributed by atoms with Crippen LogP contribution in [-0.4, -0.2) is 42.9 Å². The van der Waals surface area contributed by atoms with Gasteiger partial charge in [0.15, 0.2) is 5.78 Å². The van der Waals surface area contributed by atoms with Gasteiger partial charge in [-0.15, -0.1) is 0 Å². The predicted octanol–water partition coefficient (Wildman–Crippen LogP) is 3.52. The zero-order valence-corrected chi connectivity index (χ0v) is 14.3. The largest absolute Gasteiger partial charge is 0.363 e. The van der Waals surface area contributed by atoms with Crippen LogP contribution in [0.5, 0.6) is 0 Å². The molecule has 2 aromatic rings. The first-order valence-corrected chi connectivity index (χ1v) is 8.31. The van der Waals surface area contributed by atoms with E-state index in [1.807, 2.05) is 0 Å². The van der Waals surface area contributed by atoms with Crippen LogP contribution in [0.25, 0.3) is 0 Å². The lowest BCUT2D eigenvalue weighted by molar-refractivity contribution is 0.101. The molecule has 0 bridgehead atoms. The first-order valence-electron chi connectivity index (χ1n) is 8.31. The van der Waals surface area contributed by atoms with Crippen molar-refractivity contribution in [1.29, 1.82) is 0 Å². The number of carbonyl (C=O) groups is 2. The molecule has 3 rings (SSSR count). The number of para-hydroxylation sites is 1. The Labute approximate surface area is 150 Å². The Hall–Kier alpha value is -2.96. The van der Waals surface area contributed by atoms with Crippen LogP contribution >= 0.6 is 0 Å². The van der Waals surface area contributed by atoms with Crippen LogP contribution < -0.4 is 10.2 Å². The molecule has 26 heavy (non-hydrogen) atoms. The molecule has 0 aromatic heterocycles. The molecule has 1 heterocycles. The Bertz CT molecular complexity index is 813. The van der Waals surface area contributed by atoms with E-state index in [1.54, 1.807) is 34.1 Å². The Kier molecular flexibility index (Phi) is 5.16. The minimum Gasteiger partial charge on any atom is -0.363 e. The maximum atomic E-state index is 13.9. The van der Waals surface area contributed by atoms with Gasteiger partial charge in [-0.1, -0.05) is 18.2 Å². The van der Waals surface area contributed by atoms with E-state index in [-0.39, 0.29) is 17.5 Å². The number of nitrogens with zero attached hydrogens (tertiary/aromatic N) is 2. The van der Waals surface area contributed by atoms with Crippen LogP contribution in [-0.2, 0) is 0 Å². The fourth-order valence-corrected chi connectivity index (χ4v) is 2.94. The molecular weight excluding hydrogens is 340 g/mol. The number of rotatable bonds is 3. The molecule has 0 aliphatic carbocycles. The summed E-state index contributed by atoms with van der Waals surface area (Å²) in [5, 5.41) is 2.75. The molecule has 1 N–H and O–H groups in total. The van der Waals surface area contributed by atoms with Crippen LogP contribution in [0.4, 0.5) is 25.0 Å². The molecule has 0 atom stereocenters. The van der Waals surface area contributed by atoms with E-state index in [4.69, 9.17) is 0 Å². The number of urea groups is 1. The topological polar surface area (TPSA) is 52.7 Å². The second kappa shape index (κ2) is 7.51. The van der Waals surface area contributed by atoms with Crippen LogP contribution in [0.3, 0.4) is 0 Å². The molecule has 1 saturated heterocycles. The molecule has 1 aliphatic rings. The van der Waals surface area contributed by atoms with Crippen molar-refractivity contribution in [2.24, 2.45) is 0 Å². The standard InChI is InChI=1S/C19H19F2N3O2/c1-13(25)14-4-2-5-15(12-14)22-19(26)24-10-8-23(9-11-24)18-16(20)6-3-7-17(18)21/h2-7,12H,8-11H2,1H3,(H,22,26). The maximum absolute atomic E-state index is 13.9. The molecule has 2 aromatic carbocycles. The number of hydrogen-bond donors (Lipinski definition) is 1. The second-order valence-electron chi connectivity index (χ2n) is 6.11. The summed E-state index contributed by atoms with van der Waals surface area (Å²) in [5.41, 5.74) is 0.995. The van der Waals surface area contributed by atoms with Gasteiger partial charge in [-0.25, -0.2) is 13.6 Å². The van der Waals surface area contributed by atoms with Gasteiger partial charge in [0.2, 0.25) is 0 Å². The predicted molar refractivity (Wildman–Crippen MR) is 95.6 cm³/mol. The van der Waals surface area contributed by atoms with E-state index in [2.05, 4.69) is 5.32 Å². The summed E-state index contributed by atoms with van der Waals surface area (Å²) in [6.07, 6.45) is 0. The molecular formula is C19H19F2N3O2. The van der Waals surface area contributed by atoms with Crippen molar-refractivity contribution in [2.45, 2.75) is 6.92 Å². The number of ketones is 1. The smallest absolute Gasteiger partial charge is 0.321 e. The van der Waals surface area contributed by atoms with E-state index < -0.39 is 11.6 Å². The number of piperazine rings is 1. The highest BCUT2D eigenvalue weighted by molar-refractivity contribution is 5.96. The summed E-state index contributed by atoms with van der Waals surface area (Å²) in [6.45, 7) is 2.80. The number of Topliss-reactive ketones (excluding diaryl/α,β-unsaturated/α-hetero) is 1. The highest BCUT2D eigenvalue weighted by atomic mass is 19.1. The maximum Gasteiger partial charge on any atom is 0.321 e. The lowest BCUT2D eigenvalue weighted by Gasteiger charge is -2.36. The lowest BCUT2D eigenvalue weighted by atomic mass is 10.1. The van der Waals surface area contributed by atoms with Crippen LogP contribution in [0, 0.1) is 11.6 Å². The van der Waals surface area contributed by atoms with Gasteiger partial charge < -0.3 is 15.1 Å². The van der Waals surface area contributed by atoms with E-state index in [0.717, 1.165) is 0 Å². The number of carbonyl (C=O) groups excluding carboxylic acids is 2. The summed E-state index contributed by atoms with van der Waals surface area (Å²) in [5.74, 6) is -1.30. The first-order chi connectivity index (χ1) is 12.5. The fraction of sp³-hybridized carbons (Fsp3) is 0.263. The molecule has 0 spiro atoms. The molecule has 1 fully saturated rings. The van der Waals surface area contributed by atoms with E-state index >= 15 is 0 Å². The second-order valence-corrected chi connectivity index (χ2v) is 6.11. The highest BCUT2D eigenvalue weighted by Crippen LogP contribution is 2.24. The van der Waals surface area contributed by atoms with Crippen molar-refractivity contribution in [3.8, 4) is 0 Å². The van der Waals surface area contributed by atoms with Crippen molar-refractivity contribution >= 4 is 23.2 Å². The number of halogens is 2. The number of anilines is 2. The Morgan fingerprint density at radius 2 is 1.58 bits per heavy atom. The number of amides is 2. The van der Waals surface area contributed by atoms with E-state index in [9.17, 15) is 18.4 Å². The SMILES string of the molecule is CC(=O)c1cccc(NC(=O)N2CCN(c3c(F)cccc3F)CC2)c1. The van der Waals surface area contributed by atoms with Gasteiger partial charge in [0.25, 0.3) is 0 Å². The van der Waals surface area contributed by atoms with Crippen LogP contribution in [0.2, 0.25) is 0 Å². The molecule has 0 unspecified atom stereocenters. The molecule has 0 saturated carbocycles.